The Labute approximate surface area is 269 Å². The number of halogens is 4. The molecule has 0 aromatic heterocycles. The van der Waals surface area contributed by atoms with E-state index in [-0.39, 0.29) is 35.4 Å². The number of phenolic OH excluding ortho intramolecular Hbond substituents is 1. The van der Waals surface area contributed by atoms with E-state index >= 15 is 0 Å². The van der Waals surface area contributed by atoms with Crippen LogP contribution in [0.1, 0.15) is 31.2 Å². The van der Waals surface area contributed by atoms with Gasteiger partial charge in [0.2, 0.25) is 23.6 Å². The Morgan fingerprint density at radius 1 is 0.864 bits per heavy atom. The van der Waals surface area contributed by atoms with Gasteiger partial charge in [0.25, 0.3) is 0 Å². The second-order valence-electron chi connectivity index (χ2n) is 12.0. The summed E-state index contributed by atoms with van der Waals surface area (Å²) >= 11 is 8.16. The third kappa shape index (κ3) is 4.02. The lowest BCUT2D eigenvalue weighted by Gasteiger charge is -2.49. The topological polar surface area (TPSA) is 95.0 Å². The molecule has 4 amide bonds. The number of aromatic hydroxyl groups is 1. The molecule has 2 heterocycles. The lowest BCUT2D eigenvalue weighted by molar-refractivity contribution is -0.131. The summed E-state index contributed by atoms with van der Waals surface area (Å²) < 4.78 is 29.8. The minimum absolute atomic E-state index is 0.101. The highest BCUT2D eigenvalue weighted by Gasteiger charge is 2.67. The van der Waals surface area contributed by atoms with Crippen LogP contribution in [0.15, 0.2) is 72.3 Å². The van der Waals surface area contributed by atoms with E-state index in [1.807, 2.05) is 18.2 Å². The maximum atomic E-state index is 14.8. The molecule has 0 spiro atoms. The summed E-state index contributed by atoms with van der Waals surface area (Å²) in [5.41, 5.74) is 0.178. The minimum atomic E-state index is -1.42. The first kappa shape index (κ1) is 29.1. The van der Waals surface area contributed by atoms with Crippen LogP contribution in [0, 0.1) is 44.3 Å². The molecule has 1 saturated carbocycles. The van der Waals surface area contributed by atoms with Crippen molar-refractivity contribution in [2.75, 3.05) is 9.80 Å². The zero-order valence-electron chi connectivity index (χ0n) is 23.1. The van der Waals surface area contributed by atoms with Gasteiger partial charge in [-0.2, -0.15) is 0 Å². The average Bonchev–Trinajstić information content (AvgIpc) is 3.36. The Morgan fingerprint density at radius 2 is 1.57 bits per heavy atom. The fourth-order valence-corrected chi connectivity index (χ4v) is 8.35. The number of carbonyl (C=O) groups is 4. The Morgan fingerprint density at radius 3 is 2.25 bits per heavy atom. The minimum Gasteiger partial charge on any atom is -0.505 e. The van der Waals surface area contributed by atoms with E-state index in [9.17, 15) is 33.1 Å². The molecule has 0 bridgehead atoms. The number of phenols is 1. The van der Waals surface area contributed by atoms with E-state index in [4.69, 9.17) is 11.6 Å². The lowest BCUT2D eigenvalue weighted by Crippen LogP contribution is -2.48. The summed E-state index contributed by atoms with van der Waals surface area (Å²) in [7, 11) is 0. The molecular weight excluding hydrogens is 705 g/mol. The van der Waals surface area contributed by atoms with Gasteiger partial charge in [0.05, 0.1) is 39.6 Å². The number of hydrogen-bond donors (Lipinski definition) is 1. The quantitative estimate of drug-likeness (QED) is 0.193. The van der Waals surface area contributed by atoms with Crippen LogP contribution in [0.4, 0.5) is 20.2 Å². The second-order valence-corrected chi connectivity index (χ2v) is 13.6. The molecule has 224 valence electrons. The first-order valence-electron chi connectivity index (χ1n) is 14.1. The van der Waals surface area contributed by atoms with Gasteiger partial charge in [0.1, 0.15) is 5.82 Å². The van der Waals surface area contributed by atoms with Crippen molar-refractivity contribution in [2.24, 2.45) is 29.1 Å². The highest BCUT2D eigenvalue weighted by Crippen LogP contribution is 2.63. The van der Waals surface area contributed by atoms with Crippen LogP contribution in [0.3, 0.4) is 0 Å². The Balaban J connectivity index is 1.37. The van der Waals surface area contributed by atoms with Crippen molar-refractivity contribution >= 4 is 69.2 Å². The van der Waals surface area contributed by atoms with Crippen molar-refractivity contribution in [1.29, 1.82) is 0 Å². The number of carbonyl (C=O) groups excluding carboxylic acids is 4. The molecule has 3 aromatic rings. The highest BCUT2D eigenvalue weighted by molar-refractivity contribution is 14.1. The molecule has 3 fully saturated rings. The first-order chi connectivity index (χ1) is 20.9. The van der Waals surface area contributed by atoms with Gasteiger partial charge in [0, 0.05) is 9.49 Å². The number of rotatable bonds is 3. The largest absolute Gasteiger partial charge is 0.505 e. The predicted octanol–water partition coefficient (Wildman–Crippen LogP) is 6.36. The van der Waals surface area contributed by atoms with Gasteiger partial charge in [0.15, 0.2) is 11.6 Å². The van der Waals surface area contributed by atoms with Crippen molar-refractivity contribution < 1.29 is 33.1 Å². The number of imide groups is 2. The summed E-state index contributed by atoms with van der Waals surface area (Å²) in [4.78, 5) is 58.5. The predicted molar refractivity (Wildman–Crippen MR) is 166 cm³/mol. The molecule has 11 heteroatoms. The molecule has 2 aliphatic heterocycles. The molecular formula is C33H24ClF2IN2O5. The number of amides is 4. The molecule has 6 atom stereocenters. The van der Waals surface area contributed by atoms with Crippen molar-refractivity contribution in [3.05, 3.63) is 98.1 Å². The Kier molecular flexibility index (Phi) is 6.74. The van der Waals surface area contributed by atoms with Crippen LogP contribution in [0.25, 0.3) is 0 Å². The zero-order chi connectivity index (χ0) is 31.2. The average molecular weight is 729 g/mol. The van der Waals surface area contributed by atoms with E-state index in [1.165, 1.54) is 29.2 Å². The van der Waals surface area contributed by atoms with Crippen molar-refractivity contribution in [1.82, 2.24) is 0 Å². The molecule has 1 N–H and O–H groups in total. The monoisotopic (exact) mass is 728 g/mol. The van der Waals surface area contributed by atoms with E-state index in [0.29, 0.717) is 16.8 Å². The van der Waals surface area contributed by atoms with E-state index in [0.717, 1.165) is 20.6 Å². The number of anilines is 2. The molecule has 2 aliphatic carbocycles. The summed E-state index contributed by atoms with van der Waals surface area (Å²) in [5.74, 6) is -7.81. The SMILES string of the molecule is CC12C(=O)N(c3ccc(F)c(Cl)c3)C(=O)C1CC1C(=CCC3C(=O)N(c4ccc(I)cc4)C(=O)C31)C2c1ccc(O)c(F)c1. The summed E-state index contributed by atoms with van der Waals surface area (Å²) in [6.07, 6.45) is 2.20. The first-order valence-corrected chi connectivity index (χ1v) is 15.5. The van der Waals surface area contributed by atoms with Crippen molar-refractivity contribution in [3.8, 4) is 5.75 Å². The van der Waals surface area contributed by atoms with Crippen LogP contribution in [0.5, 0.6) is 5.75 Å². The normalized spacial score (nSPS) is 29.5. The van der Waals surface area contributed by atoms with Gasteiger partial charge < -0.3 is 5.11 Å². The van der Waals surface area contributed by atoms with Crippen LogP contribution in [0.2, 0.25) is 5.02 Å². The molecule has 7 rings (SSSR count). The fraction of sp³-hybridized carbons (Fsp3) is 0.273. The van der Waals surface area contributed by atoms with E-state index in [2.05, 4.69) is 22.6 Å². The molecule has 0 radical (unpaired) electrons. The van der Waals surface area contributed by atoms with Gasteiger partial charge in [-0.05, 0) is 108 Å². The lowest BCUT2D eigenvalue weighted by atomic mass is 9.51. The second kappa shape index (κ2) is 10.2. The standard InChI is InChI=1S/C33H24ClF2IN2O5/c1-33-22(30(42)39(32(33)44)18-7-10-24(35)23(34)13-18)14-21-19(28(33)15-2-11-26(40)25(36)12-15)8-9-20-27(21)31(43)38(29(20)41)17-5-3-16(37)4-6-17/h2-8,10-13,20-22,27-28,40H,9,14H2,1H3. The van der Waals surface area contributed by atoms with Gasteiger partial charge in [-0.3, -0.25) is 24.1 Å². The van der Waals surface area contributed by atoms with Gasteiger partial charge in [-0.25, -0.2) is 13.7 Å². The fourth-order valence-electron chi connectivity index (χ4n) is 7.81. The van der Waals surface area contributed by atoms with Crippen LogP contribution >= 0.6 is 34.2 Å². The van der Waals surface area contributed by atoms with Gasteiger partial charge in [-0.15, -0.1) is 0 Å². The molecule has 7 nitrogen and oxygen atoms in total. The molecule has 3 aromatic carbocycles. The van der Waals surface area contributed by atoms with Crippen LogP contribution in [-0.2, 0) is 19.2 Å². The number of allylic oxidation sites excluding steroid dienone is 2. The van der Waals surface area contributed by atoms with Gasteiger partial charge >= 0.3 is 0 Å². The summed E-state index contributed by atoms with van der Waals surface area (Å²) in [6.45, 7) is 1.65. The summed E-state index contributed by atoms with van der Waals surface area (Å²) in [6, 6.07) is 14.5. The molecule has 44 heavy (non-hydrogen) atoms. The van der Waals surface area contributed by atoms with Crippen LogP contribution < -0.4 is 9.80 Å². The Bertz CT molecular complexity index is 1830. The maximum Gasteiger partial charge on any atom is 0.241 e. The molecule has 2 saturated heterocycles. The maximum absolute atomic E-state index is 14.8. The molecule has 6 unspecified atom stereocenters. The third-order valence-electron chi connectivity index (χ3n) is 9.83. The molecule has 4 aliphatic rings. The summed E-state index contributed by atoms with van der Waals surface area (Å²) in [5, 5.41) is 9.69. The third-order valence-corrected chi connectivity index (χ3v) is 10.8. The van der Waals surface area contributed by atoms with Gasteiger partial charge in [-0.1, -0.05) is 29.3 Å². The number of fused-ring (bicyclic) bond motifs is 4. The van der Waals surface area contributed by atoms with Crippen molar-refractivity contribution in [3.63, 3.8) is 0 Å². The van der Waals surface area contributed by atoms with E-state index < -0.39 is 64.2 Å². The number of hydrogen-bond acceptors (Lipinski definition) is 5. The number of nitrogens with zero attached hydrogens (tertiary/aromatic N) is 2. The van der Waals surface area contributed by atoms with E-state index in [1.54, 1.807) is 19.1 Å². The van der Waals surface area contributed by atoms with Crippen LogP contribution in [-0.4, -0.2) is 28.7 Å². The smallest absolute Gasteiger partial charge is 0.241 e. The Hall–Kier alpha value is -3.64. The zero-order valence-corrected chi connectivity index (χ0v) is 26.1. The number of benzene rings is 3. The highest BCUT2D eigenvalue weighted by atomic mass is 127. The van der Waals surface area contributed by atoms with Crippen molar-refractivity contribution in [2.45, 2.75) is 25.7 Å².